The Balaban J connectivity index is 1.58. The van der Waals surface area contributed by atoms with Gasteiger partial charge in [0.1, 0.15) is 29.4 Å². The third-order valence-corrected chi connectivity index (χ3v) is 7.70. The lowest BCUT2D eigenvalue weighted by atomic mass is 9.80. The second-order valence-electron chi connectivity index (χ2n) is 10.2. The molecule has 11 nitrogen and oxygen atoms in total. The van der Waals surface area contributed by atoms with Gasteiger partial charge in [0.2, 0.25) is 5.91 Å². The van der Waals surface area contributed by atoms with E-state index in [1.807, 2.05) is 78.9 Å². The van der Waals surface area contributed by atoms with E-state index in [0.29, 0.717) is 11.5 Å². The molecule has 1 aliphatic rings. The number of carbonyl (C=O) groups is 1. The van der Waals surface area contributed by atoms with Gasteiger partial charge in [0.15, 0.2) is 0 Å². The molecule has 4 N–H and O–H groups in total. The minimum Gasteiger partial charge on any atom is -0.497 e. The lowest BCUT2D eigenvalue weighted by Crippen LogP contribution is -2.39. The maximum absolute atomic E-state index is 12.6. The number of H-pyrrole nitrogens is 1. The van der Waals surface area contributed by atoms with Crippen LogP contribution in [0.25, 0.3) is 0 Å². The van der Waals surface area contributed by atoms with Gasteiger partial charge in [0, 0.05) is 24.6 Å². The van der Waals surface area contributed by atoms with Crippen molar-refractivity contribution in [2.24, 2.45) is 11.7 Å². The van der Waals surface area contributed by atoms with Crippen molar-refractivity contribution in [3.63, 3.8) is 0 Å². The summed E-state index contributed by atoms with van der Waals surface area (Å²) >= 11 is 0. The van der Waals surface area contributed by atoms with Crippen LogP contribution >= 0.6 is 0 Å². The molecule has 1 aliphatic heterocycles. The van der Waals surface area contributed by atoms with Crippen LogP contribution in [0.2, 0.25) is 0 Å². The normalized spacial score (nSPS) is 20.1. The SMILES string of the molecule is COc1ccc(C(OC[C@H]2O[C@@H](n3ccc(=O)[nH]c3=O)[C@H](CC(N)=O)[C@@H]2O)(c2ccccc2)c2ccc(OC)cc2)cc1. The fraction of sp³-hybridized carbons (Fsp3) is 0.281. The van der Waals surface area contributed by atoms with E-state index in [4.69, 9.17) is 24.7 Å². The largest absolute Gasteiger partial charge is 0.497 e. The molecule has 43 heavy (non-hydrogen) atoms. The Morgan fingerprint density at radius 1 is 0.907 bits per heavy atom. The van der Waals surface area contributed by atoms with Gasteiger partial charge >= 0.3 is 5.69 Å². The van der Waals surface area contributed by atoms with Crippen molar-refractivity contribution in [2.75, 3.05) is 20.8 Å². The first-order valence-electron chi connectivity index (χ1n) is 13.7. The van der Waals surface area contributed by atoms with E-state index in [0.717, 1.165) is 27.3 Å². The molecular formula is C32H33N3O8. The van der Waals surface area contributed by atoms with E-state index < -0.39 is 47.1 Å². The van der Waals surface area contributed by atoms with Crippen LogP contribution in [0.5, 0.6) is 11.5 Å². The highest BCUT2D eigenvalue weighted by Crippen LogP contribution is 2.43. The van der Waals surface area contributed by atoms with Gasteiger partial charge in [-0.25, -0.2) is 4.79 Å². The first-order valence-corrected chi connectivity index (χ1v) is 13.7. The minimum absolute atomic E-state index is 0.141. The van der Waals surface area contributed by atoms with Crippen LogP contribution in [-0.4, -0.2) is 53.6 Å². The molecule has 1 aromatic heterocycles. The fourth-order valence-electron chi connectivity index (χ4n) is 5.58. The molecule has 0 spiro atoms. The van der Waals surface area contributed by atoms with Gasteiger partial charge in [0.25, 0.3) is 5.56 Å². The Morgan fingerprint density at radius 2 is 1.47 bits per heavy atom. The Kier molecular flexibility index (Phi) is 8.76. The van der Waals surface area contributed by atoms with Crippen LogP contribution in [0.3, 0.4) is 0 Å². The Morgan fingerprint density at radius 3 is 1.98 bits per heavy atom. The number of aliphatic hydroxyl groups excluding tert-OH is 1. The molecule has 11 heteroatoms. The van der Waals surface area contributed by atoms with Crippen molar-refractivity contribution in [3.8, 4) is 11.5 Å². The maximum Gasteiger partial charge on any atom is 0.330 e. The zero-order chi connectivity index (χ0) is 30.6. The molecule has 4 aromatic rings. The summed E-state index contributed by atoms with van der Waals surface area (Å²) < 4.78 is 25.0. The average molecular weight is 588 g/mol. The number of amides is 1. The summed E-state index contributed by atoms with van der Waals surface area (Å²) in [7, 11) is 3.18. The number of methoxy groups -OCH3 is 2. The van der Waals surface area contributed by atoms with E-state index in [1.165, 1.54) is 6.20 Å². The highest BCUT2D eigenvalue weighted by molar-refractivity contribution is 5.74. The quantitative estimate of drug-likeness (QED) is 0.226. The molecule has 0 radical (unpaired) electrons. The summed E-state index contributed by atoms with van der Waals surface area (Å²) in [5.74, 6) is -0.216. The van der Waals surface area contributed by atoms with Gasteiger partial charge in [-0.2, -0.15) is 0 Å². The molecule has 224 valence electrons. The number of nitrogens with one attached hydrogen (secondary N) is 1. The molecule has 1 saturated heterocycles. The topological polar surface area (TPSA) is 155 Å². The van der Waals surface area contributed by atoms with E-state index in [1.54, 1.807) is 14.2 Å². The fourth-order valence-corrected chi connectivity index (χ4v) is 5.58. The Labute approximate surface area is 247 Å². The van der Waals surface area contributed by atoms with E-state index >= 15 is 0 Å². The van der Waals surface area contributed by atoms with Gasteiger partial charge in [0.05, 0.1) is 26.9 Å². The average Bonchev–Trinajstić information content (AvgIpc) is 3.32. The van der Waals surface area contributed by atoms with Gasteiger partial charge in [-0.1, -0.05) is 54.6 Å². The smallest absolute Gasteiger partial charge is 0.330 e. The molecule has 0 saturated carbocycles. The first-order chi connectivity index (χ1) is 20.8. The molecule has 0 unspecified atom stereocenters. The van der Waals surface area contributed by atoms with Crippen LogP contribution in [0.15, 0.2) is 101 Å². The van der Waals surface area contributed by atoms with E-state index in [-0.39, 0.29) is 13.0 Å². The summed E-state index contributed by atoms with van der Waals surface area (Å²) in [5, 5.41) is 11.4. The lowest BCUT2D eigenvalue weighted by Gasteiger charge is -2.37. The number of ether oxygens (including phenoxy) is 4. The van der Waals surface area contributed by atoms with Crippen molar-refractivity contribution >= 4 is 5.91 Å². The number of hydrogen-bond donors (Lipinski definition) is 3. The summed E-state index contributed by atoms with van der Waals surface area (Å²) in [6.07, 6.45) is -2.26. The molecule has 0 aliphatic carbocycles. The number of nitrogens with zero attached hydrogens (tertiary/aromatic N) is 1. The van der Waals surface area contributed by atoms with Gasteiger partial charge in [-0.15, -0.1) is 0 Å². The third-order valence-electron chi connectivity index (χ3n) is 7.70. The van der Waals surface area contributed by atoms with Crippen LogP contribution in [-0.2, 0) is 19.9 Å². The van der Waals surface area contributed by atoms with Gasteiger partial charge in [-0.3, -0.25) is 19.1 Å². The van der Waals surface area contributed by atoms with Gasteiger partial charge in [-0.05, 0) is 41.0 Å². The molecule has 4 atom stereocenters. The molecule has 0 bridgehead atoms. The minimum atomic E-state index is -1.23. The number of rotatable bonds is 11. The zero-order valence-corrected chi connectivity index (χ0v) is 23.7. The molecule has 1 amide bonds. The highest BCUT2D eigenvalue weighted by Gasteiger charge is 2.47. The molecular weight excluding hydrogens is 554 g/mol. The first kappa shape index (κ1) is 29.8. The number of aromatic nitrogens is 2. The lowest BCUT2D eigenvalue weighted by molar-refractivity contribution is -0.120. The number of carbonyl (C=O) groups excluding carboxylic acids is 1. The summed E-state index contributed by atoms with van der Waals surface area (Å²) in [6.45, 7) is -0.141. The summed E-state index contributed by atoms with van der Waals surface area (Å²) in [6, 6.07) is 25.7. The maximum atomic E-state index is 12.6. The summed E-state index contributed by atoms with van der Waals surface area (Å²) in [4.78, 5) is 38.4. The Hall–Kier alpha value is -4.71. The molecule has 1 fully saturated rings. The monoisotopic (exact) mass is 587 g/mol. The van der Waals surface area contributed by atoms with Crippen molar-refractivity contribution in [1.29, 1.82) is 0 Å². The third kappa shape index (κ3) is 5.96. The standard InChI is InChI=1S/C32H33N3O8/c1-40-23-12-8-21(9-13-23)32(20-6-4-3-5-7-20,22-10-14-24(41-2)15-11-22)42-19-26-29(38)25(18-27(33)36)30(43-26)35-17-16-28(37)34-31(35)39/h3-17,25-26,29-30,38H,18-19H2,1-2H3,(H2,33,36)(H,34,37,39)/t25-,26-,29+,30-/m1/s1. The number of aliphatic hydroxyl groups is 1. The van der Waals surface area contributed by atoms with Crippen molar-refractivity contribution in [1.82, 2.24) is 9.55 Å². The number of nitrogens with two attached hydrogens (primary N) is 1. The number of benzene rings is 3. The predicted octanol–water partition coefficient (Wildman–Crippen LogP) is 2.31. The predicted molar refractivity (Wildman–Crippen MR) is 157 cm³/mol. The van der Waals surface area contributed by atoms with Crippen molar-refractivity contribution < 1.29 is 28.8 Å². The molecule has 5 rings (SSSR count). The zero-order valence-electron chi connectivity index (χ0n) is 23.7. The second-order valence-corrected chi connectivity index (χ2v) is 10.2. The van der Waals surface area contributed by atoms with Crippen LogP contribution in [0, 0.1) is 5.92 Å². The van der Waals surface area contributed by atoms with Crippen molar-refractivity contribution in [2.45, 2.75) is 30.5 Å². The molecule has 3 aromatic carbocycles. The van der Waals surface area contributed by atoms with Crippen LogP contribution in [0.1, 0.15) is 29.3 Å². The van der Waals surface area contributed by atoms with Crippen LogP contribution < -0.4 is 26.5 Å². The molecule has 2 heterocycles. The highest BCUT2D eigenvalue weighted by atomic mass is 16.6. The second kappa shape index (κ2) is 12.7. The number of primary amides is 1. The number of aromatic amines is 1. The van der Waals surface area contributed by atoms with Crippen LogP contribution in [0.4, 0.5) is 0 Å². The van der Waals surface area contributed by atoms with E-state index in [2.05, 4.69) is 4.98 Å². The van der Waals surface area contributed by atoms with Gasteiger partial charge < -0.3 is 29.8 Å². The summed E-state index contributed by atoms with van der Waals surface area (Å²) in [5.41, 5.74) is 5.35. The van der Waals surface area contributed by atoms with Crippen molar-refractivity contribution in [3.05, 3.63) is 129 Å². The van der Waals surface area contributed by atoms with E-state index in [9.17, 15) is 19.5 Å². The number of hydrogen-bond acceptors (Lipinski definition) is 8. The Bertz CT molecular complexity index is 1600.